The second kappa shape index (κ2) is 6.72. The molecule has 0 aliphatic carbocycles. The first-order chi connectivity index (χ1) is 8.49. The third kappa shape index (κ3) is 3.97. The van der Waals surface area contributed by atoms with Crippen molar-refractivity contribution >= 4 is 15.7 Å². The minimum atomic E-state index is -3.49. The molecule has 1 rings (SSSR count). The standard InChI is InChI=1S/C12H20N2O3S/c1-10-11(13)6-5-7-12(10)18(16,17)14-8-3-2-4-9-15/h5-7,14-15H,2-4,8-9,13H2,1H3. The van der Waals surface area contributed by atoms with Crippen molar-refractivity contribution in [3.05, 3.63) is 23.8 Å². The molecule has 5 nitrogen and oxygen atoms in total. The van der Waals surface area contributed by atoms with Crippen LogP contribution in [-0.4, -0.2) is 26.7 Å². The second-order valence-corrected chi connectivity index (χ2v) is 5.89. The lowest BCUT2D eigenvalue weighted by Gasteiger charge is -2.10. The normalized spacial score (nSPS) is 11.7. The molecule has 4 N–H and O–H groups in total. The molecule has 1 aromatic carbocycles. The Kier molecular flexibility index (Phi) is 5.58. The molecule has 0 aromatic heterocycles. The highest BCUT2D eigenvalue weighted by Gasteiger charge is 2.16. The number of hydrogen-bond donors (Lipinski definition) is 3. The van der Waals surface area contributed by atoms with Crippen LogP contribution in [0.15, 0.2) is 23.1 Å². The summed E-state index contributed by atoms with van der Waals surface area (Å²) in [5.74, 6) is 0. The van der Waals surface area contributed by atoms with Crippen molar-refractivity contribution in [2.75, 3.05) is 18.9 Å². The van der Waals surface area contributed by atoms with Crippen molar-refractivity contribution < 1.29 is 13.5 Å². The van der Waals surface area contributed by atoms with E-state index in [-0.39, 0.29) is 11.5 Å². The van der Waals surface area contributed by atoms with E-state index in [0.29, 0.717) is 30.6 Å². The van der Waals surface area contributed by atoms with Gasteiger partial charge in [0.25, 0.3) is 0 Å². The number of aliphatic hydroxyl groups excluding tert-OH is 1. The van der Waals surface area contributed by atoms with E-state index in [1.807, 2.05) is 0 Å². The highest BCUT2D eigenvalue weighted by Crippen LogP contribution is 2.20. The Balaban J connectivity index is 2.66. The third-order valence-electron chi connectivity index (χ3n) is 2.74. The Morgan fingerprint density at radius 1 is 1.28 bits per heavy atom. The average Bonchev–Trinajstić information content (AvgIpc) is 2.32. The molecule has 0 radical (unpaired) electrons. The van der Waals surface area contributed by atoms with Gasteiger partial charge in [-0.25, -0.2) is 13.1 Å². The zero-order valence-electron chi connectivity index (χ0n) is 10.5. The van der Waals surface area contributed by atoms with Crippen LogP contribution in [0.3, 0.4) is 0 Å². The molecule has 6 heteroatoms. The molecule has 0 heterocycles. The lowest BCUT2D eigenvalue weighted by Crippen LogP contribution is -2.25. The lowest BCUT2D eigenvalue weighted by atomic mass is 10.2. The summed E-state index contributed by atoms with van der Waals surface area (Å²) in [7, 11) is -3.49. The quantitative estimate of drug-likeness (QED) is 0.510. The predicted octanol–water partition coefficient (Wildman–Crippen LogP) is 1.02. The van der Waals surface area contributed by atoms with Crippen molar-refractivity contribution in [1.29, 1.82) is 0 Å². The Labute approximate surface area is 108 Å². The maximum absolute atomic E-state index is 12.0. The highest BCUT2D eigenvalue weighted by atomic mass is 32.2. The Morgan fingerprint density at radius 3 is 2.67 bits per heavy atom. The second-order valence-electron chi connectivity index (χ2n) is 4.15. The maximum Gasteiger partial charge on any atom is 0.240 e. The largest absolute Gasteiger partial charge is 0.398 e. The van der Waals surface area contributed by atoms with E-state index in [2.05, 4.69) is 4.72 Å². The van der Waals surface area contributed by atoms with E-state index in [9.17, 15) is 8.42 Å². The summed E-state index contributed by atoms with van der Waals surface area (Å²) in [6, 6.07) is 4.85. The zero-order chi connectivity index (χ0) is 13.6. The number of unbranched alkanes of at least 4 members (excludes halogenated alkanes) is 2. The van der Waals surface area contributed by atoms with Gasteiger partial charge in [-0.1, -0.05) is 6.07 Å². The van der Waals surface area contributed by atoms with E-state index in [4.69, 9.17) is 10.8 Å². The minimum absolute atomic E-state index is 0.140. The minimum Gasteiger partial charge on any atom is -0.398 e. The number of aliphatic hydroxyl groups is 1. The third-order valence-corrected chi connectivity index (χ3v) is 4.35. The average molecular weight is 272 g/mol. The maximum atomic E-state index is 12.0. The fourth-order valence-corrected chi connectivity index (χ4v) is 2.97. The fraction of sp³-hybridized carbons (Fsp3) is 0.500. The van der Waals surface area contributed by atoms with Crippen LogP contribution >= 0.6 is 0 Å². The van der Waals surface area contributed by atoms with Gasteiger partial charge in [-0.2, -0.15) is 0 Å². The molecule has 1 aromatic rings. The van der Waals surface area contributed by atoms with Crippen molar-refractivity contribution in [3.8, 4) is 0 Å². The van der Waals surface area contributed by atoms with Gasteiger partial charge in [-0.05, 0) is 43.9 Å². The number of rotatable bonds is 7. The molecule has 0 saturated carbocycles. The van der Waals surface area contributed by atoms with Gasteiger partial charge in [0, 0.05) is 18.8 Å². The molecule has 0 aliphatic heterocycles. The number of anilines is 1. The summed E-state index contributed by atoms with van der Waals surface area (Å²) in [4.78, 5) is 0.227. The molecule has 102 valence electrons. The monoisotopic (exact) mass is 272 g/mol. The van der Waals surface area contributed by atoms with Gasteiger partial charge in [0.2, 0.25) is 10.0 Å². The SMILES string of the molecule is Cc1c(N)cccc1S(=O)(=O)NCCCCCO. The van der Waals surface area contributed by atoms with Crippen LogP contribution in [0, 0.1) is 6.92 Å². The van der Waals surface area contributed by atoms with Crippen molar-refractivity contribution in [3.63, 3.8) is 0 Å². The number of nitrogen functional groups attached to an aromatic ring is 1. The first kappa shape index (κ1) is 14.9. The summed E-state index contributed by atoms with van der Waals surface area (Å²) in [5, 5.41) is 8.62. The van der Waals surface area contributed by atoms with Crippen LogP contribution in [0.5, 0.6) is 0 Å². The fourth-order valence-electron chi connectivity index (χ4n) is 1.62. The van der Waals surface area contributed by atoms with Crippen LogP contribution in [0.4, 0.5) is 5.69 Å². The van der Waals surface area contributed by atoms with Gasteiger partial charge in [-0.3, -0.25) is 0 Å². The first-order valence-electron chi connectivity index (χ1n) is 5.94. The predicted molar refractivity (Wildman–Crippen MR) is 71.7 cm³/mol. The molecule has 0 spiro atoms. The number of nitrogens with two attached hydrogens (primary N) is 1. The van der Waals surface area contributed by atoms with Crippen LogP contribution in [0.2, 0.25) is 0 Å². The Morgan fingerprint density at radius 2 is 2.00 bits per heavy atom. The van der Waals surface area contributed by atoms with Crippen molar-refractivity contribution in [2.24, 2.45) is 0 Å². The summed E-state index contributed by atoms with van der Waals surface area (Å²) in [6.45, 7) is 2.20. The molecule has 0 aliphatic rings. The summed E-state index contributed by atoms with van der Waals surface area (Å²) in [5.41, 5.74) is 6.73. The summed E-state index contributed by atoms with van der Waals surface area (Å²) in [6.07, 6.45) is 2.20. The first-order valence-corrected chi connectivity index (χ1v) is 7.43. The van der Waals surface area contributed by atoms with Gasteiger partial charge < -0.3 is 10.8 Å². The zero-order valence-corrected chi connectivity index (χ0v) is 11.3. The smallest absolute Gasteiger partial charge is 0.240 e. The summed E-state index contributed by atoms with van der Waals surface area (Å²) < 4.78 is 26.6. The van der Waals surface area contributed by atoms with E-state index in [0.717, 1.165) is 6.42 Å². The van der Waals surface area contributed by atoms with E-state index in [1.165, 1.54) is 0 Å². The van der Waals surface area contributed by atoms with E-state index >= 15 is 0 Å². The molecular formula is C12H20N2O3S. The van der Waals surface area contributed by atoms with Gasteiger partial charge in [0.05, 0.1) is 4.90 Å². The van der Waals surface area contributed by atoms with Crippen LogP contribution < -0.4 is 10.5 Å². The molecule has 0 fully saturated rings. The van der Waals surface area contributed by atoms with Crippen LogP contribution in [0.25, 0.3) is 0 Å². The molecule has 18 heavy (non-hydrogen) atoms. The number of nitrogens with one attached hydrogen (secondary N) is 1. The molecule has 0 atom stereocenters. The van der Waals surface area contributed by atoms with Crippen LogP contribution in [-0.2, 0) is 10.0 Å². The number of benzene rings is 1. The van der Waals surface area contributed by atoms with Crippen molar-refractivity contribution in [1.82, 2.24) is 4.72 Å². The van der Waals surface area contributed by atoms with Crippen molar-refractivity contribution in [2.45, 2.75) is 31.1 Å². The molecule has 0 bridgehead atoms. The summed E-state index contributed by atoms with van der Waals surface area (Å²) >= 11 is 0. The van der Waals surface area contributed by atoms with Gasteiger partial charge in [0.1, 0.15) is 0 Å². The van der Waals surface area contributed by atoms with Gasteiger partial charge in [0.15, 0.2) is 0 Å². The van der Waals surface area contributed by atoms with Gasteiger partial charge in [-0.15, -0.1) is 0 Å². The Hall–Kier alpha value is -1.11. The molecule has 0 unspecified atom stereocenters. The Bertz CT molecular complexity index is 486. The lowest BCUT2D eigenvalue weighted by molar-refractivity contribution is 0.283. The number of hydrogen-bond acceptors (Lipinski definition) is 4. The topological polar surface area (TPSA) is 92.4 Å². The molecule has 0 saturated heterocycles. The number of sulfonamides is 1. The van der Waals surface area contributed by atoms with E-state index < -0.39 is 10.0 Å². The van der Waals surface area contributed by atoms with Crippen LogP contribution in [0.1, 0.15) is 24.8 Å². The van der Waals surface area contributed by atoms with Gasteiger partial charge >= 0.3 is 0 Å². The molecular weight excluding hydrogens is 252 g/mol. The van der Waals surface area contributed by atoms with E-state index in [1.54, 1.807) is 25.1 Å². The highest BCUT2D eigenvalue weighted by molar-refractivity contribution is 7.89. The molecule has 0 amide bonds.